The van der Waals surface area contributed by atoms with E-state index in [1.54, 1.807) is 24.3 Å². The number of hydrogen-bond acceptors (Lipinski definition) is 4. The Morgan fingerprint density at radius 3 is 2.81 bits per heavy atom. The Morgan fingerprint density at radius 2 is 2.04 bits per heavy atom. The van der Waals surface area contributed by atoms with Gasteiger partial charge in [0.2, 0.25) is 0 Å². The van der Waals surface area contributed by atoms with Crippen LogP contribution in [0, 0.1) is 0 Å². The molecule has 1 unspecified atom stereocenters. The van der Waals surface area contributed by atoms with E-state index < -0.39 is 0 Å². The van der Waals surface area contributed by atoms with Crippen molar-refractivity contribution in [1.82, 2.24) is 0 Å². The zero-order valence-electron chi connectivity index (χ0n) is 14.5. The van der Waals surface area contributed by atoms with Gasteiger partial charge in [0, 0.05) is 29.1 Å². The van der Waals surface area contributed by atoms with Crippen molar-refractivity contribution in [1.29, 1.82) is 0 Å². The van der Waals surface area contributed by atoms with Gasteiger partial charge < -0.3 is 19.5 Å². The highest BCUT2D eigenvalue weighted by atomic mass is 35.5. The molecule has 1 N–H and O–H groups in total. The Morgan fingerprint density at radius 1 is 1.23 bits per heavy atom. The maximum absolute atomic E-state index is 12.3. The van der Waals surface area contributed by atoms with Crippen LogP contribution in [0.4, 0.5) is 5.69 Å². The van der Waals surface area contributed by atoms with Crippen LogP contribution >= 0.6 is 23.2 Å². The molecule has 26 heavy (non-hydrogen) atoms. The van der Waals surface area contributed by atoms with Crippen LogP contribution in [0.2, 0.25) is 10.0 Å². The second-order valence-corrected chi connectivity index (χ2v) is 6.78. The minimum atomic E-state index is -0.340. The molecule has 138 valence electrons. The number of fused-ring (bicyclic) bond motifs is 1. The molecule has 0 radical (unpaired) electrons. The fourth-order valence-electron chi connectivity index (χ4n) is 2.73. The fraction of sp³-hybridized carbons (Fsp3) is 0.316. The summed E-state index contributed by atoms with van der Waals surface area (Å²) in [6, 6.07) is 8.52. The zero-order valence-corrected chi connectivity index (χ0v) is 16.0. The van der Waals surface area contributed by atoms with Crippen LogP contribution in [0.5, 0.6) is 17.2 Å². The molecular weight excluding hydrogens is 377 g/mol. The second kappa shape index (κ2) is 8.06. The van der Waals surface area contributed by atoms with Crippen molar-refractivity contribution in [3.63, 3.8) is 0 Å². The van der Waals surface area contributed by atoms with E-state index in [0.29, 0.717) is 33.8 Å². The van der Waals surface area contributed by atoms with Crippen LogP contribution < -0.4 is 19.5 Å². The third-order valence-electron chi connectivity index (χ3n) is 3.82. The van der Waals surface area contributed by atoms with E-state index in [1.165, 1.54) is 0 Å². The van der Waals surface area contributed by atoms with Crippen LogP contribution in [-0.2, 0) is 11.2 Å². The monoisotopic (exact) mass is 395 g/mol. The Bertz CT molecular complexity index is 825. The van der Waals surface area contributed by atoms with Gasteiger partial charge in [0.15, 0.2) is 6.61 Å². The van der Waals surface area contributed by atoms with Crippen molar-refractivity contribution in [2.45, 2.75) is 26.4 Å². The third-order valence-corrected chi connectivity index (χ3v) is 4.37. The van der Waals surface area contributed by atoms with E-state index in [9.17, 15) is 4.79 Å². The lowest BCUT2D eigenvalue weighted by molar-refractivity contribution is -0.118. The normalized spacial score (nSPS) is 15.2. The number of hydrogen-bond donors (Lipinski definition) is 1. The largest absolute Gasteiger partial charge is 0.492 e. The molecule has 5 nitrogen and oxygen atoms in total. The number of ether oxygens (including phenoxy) is 3. The van der Waals surface area contributed by atoms with Crippen LogP contribution in [-0.4, -0.2) is 25.2 Å². The van der Waals surface area contributed by atoms with Crippen molar-refractivity contribution in [3.8, 4) is 17.2 Å². The highest BCUT2D eigenvalue weighted by molar-refractivity contribution is 6.34. The summed E-state index contributed by atoms with van der Waals surface area (Å²) in [5.41, 5.74) is 1.62. The number of rotatable bonds is 6. The summed E-state index contributed by atoms with van der Waals surface area (Å²) < 4.78 is 16.9. The molecule has 0 aromatic heterocycles. The van der Waals surface area contributed by atoms with Gasteiger partial charge in [0.05, 0.1) is 17.3 Å². The molecule has 1 atom stereocenters. The highest BCUT2D eigenvalue weighted by Gasteiger charge is 2.22. The summed E-state index contributed by atoms with van der Waals surface area (Å²) >= 11 is 11.9. The summed E-state index contributed by atoms with van der Waals surface area (Å²) in [4.78, 5) is 12.3. The SMILES string of the molecule is CCOc1cc2c(cc1NC(=O)COc1cc(Cl)ccc1Cl)OC(C)C2. The molecule has 0 saturated carbocycles. The van der Waals surface area contributed by atoms with Gasteiger partial charge in [0.25, 0.3) is 5.91 Å². The van der Waals surface area contributed by atoms with E-state index in [0.717, 1.165) is 17.7 Å². The summed E-state index contributed by atoms with van der Waals surface area (Å²) in [7, 11) is 0. The van der Waals surface area contributed by atoms with E-state index >= 15 is 0 Å². The number of amides is 1. The van der Waals surface area contributed by atoms with Crippen molar-refractivity contribution in [2.24, 2.45) is 0 Å². The maximum atomic E-state index is 12.3. The van der Waals surface area contributed by atoms with Gasteiger partial charge in [-0.15, -0.1) is 0 Å². The van der Waals surface area contributed by atoms with Crippen LogP contribution in [0.1, 0.15) is 19.4 Å². The molecule has 0 bridgehead atoms. The smallest absolute Gasteiger partial charge is 0.262 e. The molecule has 0 aliphatic carbocycles. The first kappa shape index (κ1) is 18.7. The molecule has 1 amide bonds. The topological polar surface area (TPSA) is 56.8 Å². The number of anilines is 1. The number of nitrogens with one attached hydrogen (secondary N) is 1. The molecular formula is C19H19Cl2NO4. The Kier molecular flexibility index (Phi) is 5.79. The van der Waals surface area contributed by atoms with E-state index in [4.69, 9.17) is 37.4 Å². The molecule has 0 fully saturated rings. The van der Waals surface area contributed by atoms with Gasteiger partial charge >= 0.3 is 0 Å². The number of benzene rings is 2. The molecule has 7 heteroatoms. The fourth-order valence-corrected chi connectivity index (χ4v) is 3.06. The zero-order chi connectivity index (χ0) is 18.7. The van der Waals surface area contributed by atoms with E-state index in [2.05, 4.69) is 5.32 Å². The average Bonchev–Trinajstić information content (AvgIpc) is 2.95. The predicted molar refractivity (Wildman–Crippen MR) is 102 cm³/mol. The van der Waals surface area contributed by atoms with Gasteiger partial charge in [-0.05, 0) is 32.0 Å². The summed E-state index contributed by atoms with van der Waals surface area (Å²) in [5, 5.41) is 3.67. The van der Waals surface area contributed by atoms with Crippen molar-refractivity contribution in [2.75, 3.05) is 18.5 Å². The third kappa shape index (κ3) is 4.34. The highest BCUT2D eigenvalue weighted by Crippen LogP contribution is 2.38. The lowest BCUT2D eigenvalue weighted by Crippen LogP contribution is -2.20. The van der Waals surface area contributed by atoms with E-state index in [-0.39, 0.29) is 18.6 Å². The quantitative estimate of drug-likeness (QED) is 0.767. The average molecular weight is 396 g/mol. The molecule has 2 aromatic carbocycles. The van der Waals surface area contributed by atoms with Crippen LogP contribution in [0.15, 0.2) is 30.3 Å². The van der Waals surface area contributed by atoms with Crippen molar-refractivity contribution < 1.29 is 19.0 Å². The number of halogens is 2. The minimum Gasteiger partial charge on any atom is -0.492 e. The Hall–Kier alpha value is -2.11. The van der Waals surface area contributed by atoms with Gasteiger partial charge in [-0.1, -0.05) is 23.2 Å². The molecule has 1 heterocycles. The second-order valence-electron chi connectivity index (χ2n) is 5.93. The molecule has 0 spiro atoms. The standard InChI is InChI=1S/C19H19Cl2NO4/c1-3-24-18-7-12-6-11(2)26-16(12)9-15(18)22-19(23)10-25-17-8-13(20)4-5-14(17)21/h4-5,7-9,11H,3,6,10H2,1-2H3,(H,22,23). The van der Waals surface area contributed by atoms with Crippen molar-refractivity contribution in [3.05, 3.63) is 45.9 Å². The van der Waals surface area contributed by atoms with E-state index in [1.807, 2.05) is 19.9 Å². The van der Waals surface area contributed by atoms with Crippen molar-refractivity contribution >= 4 is 34.8 Å². The Labute approximate surface area is 162 Å². The first-order chi connectivity index (χ1) is 12.5. The molecule has 2 aromatic rings. The number of carbonyl (C=O) groups excluding carboxylic acids is 1. The van der Waals surface area contributed by atoms with Gasteiger partial charge in [-0.3, -0.25) is 4.79 Å². The predicted octanol–water partition coefficient (Wildman–Crippen LogP) is 4.73. The van der Waals surface area contributed by atoms with Crippen LogP contribution in [0.25, 0.3) is 0 Å². The van der Waals surface area contributed by atoms with Gasteiger partial charge in [-0.2, -0.15) is 0 Å². The maximum Gasteiger partial charge on any atom is 0.262 e. The lowest BCUT2D eigenvalue weighted by atomic mass is 10.1. The molecule has 1 aliphatic heterocycles. The first-order valence-corrected chi connectivity index (χ1v) is 9.06. The lowest BCUT2D eigenvalue weighted by Gasteiger charge is -2.14. The molecule has 0 saturated heterocycles. The molecule has 3 rings (SSSR count). The summed E-state index contributed by atoms with van der Waals surface area (Å²) in [6.07, 6.45) is 0.929. The Balaban J connectivity index is 1.70. The first-order valence-electron chi connectivity index (χ1n) is 8.30. The number of carbonyl (C=O) groups is 1. The van der Waals surface area contributed by atoms with Crippen LogP contribution in [0.3, 0.4) is 0 Å². The summed E-state index contributed by atoms with van der Waals surface area (Å²) in [6.45, 7) is 4.18. The molecule has 1 aliphatic rings. The van der Waals surface area contributed by atoms with Gasteiger partial charge in [-0.25, -0.2) is 0 Å². The summed E-state index contributed by atoms with van der Waals surface area (Å²) in [5.74, 6) is 1.38. The minimum absolute atomic E-state index is 0.110. The van der Waals surface area contributed by atoms with Gasteiger partial charge in [0.1, 0.15) is 23.4 Å².